The van der Waals surface area contributed by atoms with Crippen molar-refractivity contribution in [2.75, 3.05) is 0 Å². The van der Waals surface area contributed by atoms with Crippen LogP contribution in [0.4, 0.5) is 8.78 Å². The van der Waals surface area contributed by atoms with E-state index in [0.717, 1.165) is 12.1 Å². The number of benzene rings is 1. The van der Waals surface area contributed by atoms with Crippen LogP contribution in [0.5, 0.6) is 0 Å². The molecule has 0 saturated heterocycles. The van der Waals surface area contributed by atoms with Crippen molar-refractivity contribution in [3.8, 4) is 0 Å². The molecule has 16 heavy (non-hydrogen) atoms. The number of halogens is 2. The van der Waals surface area contributed by atoms with E-state index in [0.29, 0.717) is 17.9 Å². The number of aromatic nitrogens is 3. The first kappa shape index (κ1) is 10.7. The summed E-state index contributed by atoms with van der Waals surface area (Å²) in [6, 6.07) is 3.73. The molecule has 1 aromatic heterocycles. The average molecular weight is 224 g/mol. The molecule has 0 amide bonds. The fraction of sp³-hybridized carbons (Fsp3) is 0.200. The zero-order valence-corrected chi connectivity index (χ0v) is 8.40. The van der Waals surface area contributed by atoms with E-state index < -0.39 is 11.6 Å². The van der Waals surface area contributed by atoms with Crippen LogP contribution < -0.4 is 5.73 Å². The second-order valence-corrected chi connectivity index (χ2v) is 3.31. The third kappa shape index (κ3) is 2.22. The smallest absolute Gasteiger partial charge is 0.164 e. The van der Waals surface area contributed by atoms with Crippen LogP contribution in [0.15, 0.2) is 24.5 Å². The molecule has 0 unspecified atom stereocenters. The topological polar surface area (TPSA) is 56.7 Å². The molecule has 0 bridgehead atoms. The Hall–Kier alpha value is -1.82. The molecule has 0 fully saturated rings. The van der Waals surface area contributed by atoms with Crippen LogP contribution in [0, 0.1) is 11.6 Å². The van der Waals surface area contributed by atoms with Gasteiger partial charge in [0, 0.05) is 0 Å². The molecule has 2 rings (SSSR count). The third-order valence-electron chi connectivity index (χ3n) is 2.10. The SMILES string of the molecule is NCc1ncn(Cc2ccc(F)c(F)c2)n1. The summed E-state index contributed by atoms with van der Waals surface area (Å²) < 4.78 is 27.1. The number of rotatable bonds is 3. The lowest BCUT2D eigenvalue weighted by Crippen LogP contribution is -2.04. The summed E-state index contributed by atoms with van der Waals surface area (Å²) in [5, 5.41) is 4.04. The van der Waals surface area contributed by atoms with Crippen molar-refractivity contribution in [1.29, 1.82) is 0 Å². The minimum atomic E-state index is -0.864. The van der Waals surface area contributed by atoms with Crippen LogP contribution in [0.25, 0.3) is 0 Å². The van der Waals surface area contributed by atoms with Gasteiger partial charge in [0.1, 0.15) is 6.33 Å². The van der Waals surface area contributed by atoms with E-state index in [1.165, 1.54) is 17.1 Å². The number of hydrogen-bond acceptors (Lipinski definition) is 3. The standard InChI is InChI=1S/C10H10F2N4/c11-8-2-1-7(3-9(8)12)5-16-6-14-10(4-13)15-16/h1-3,6H,4-5,13H2. The third-order valence-corrected chi connectivity index (χ3v) is 2.10. The van der Waals surface area contributed by atoms with E-state index in [1.807, 2.05) is 0 Å². The Labute approximate surface area is 90.7 Å². The maximum atomic E-state index is 12.9. The van der Waals surface area contributed by atoms with Gasteiger partial charge in [-0.25, -0.2) is 18.4 Å². The molecule has 4 nitrogen and oxygen atoms in total. The molecule has 0 aliphatic rings. The van der Waals surface area contributed by atoms with Gasteiger partial charge in [0.15, 0.2) is 17.5 Å². The maximum absolute atomic E-state index is 12.9. The Morgan fingerprint density at radius 2 is 2.06 bits per heavy atom. The van der Waals surface area contributed by atoms with Gasteiger partial charge in [-0.1, -0.05) is 6.07 Å². The normalized spacial score (nSPS) is 10.7. The fourth-order valence-corrected chi connectivity index (χ4v) is 1.33. The van der Waals surface area contributed by atoms with Crippen LogP contribution in [-0.2, 0) is 13.1 Å². The Morgan fingerprint density at radius 3 is 2.69 bits per heavy atom. The van der Waals surface area contributed by atoms with E-state index in [9.17, 15) is 8.78 Å². The van der Waals surface area contributed by atoms with E-state index in [2.05, 4.69) is 10.1 Å². The lowest BCUT2D eigenvalue weighted by Gasteiger charge is -2.01. The van der Waals surface area contributed by atoms with Crippen LogP contribution in [0.1, 0.15) is 11.4 Å². The zero-order chi connectivity index (χ0) is 11.5. The molecule has 2 aromatic rings. The van der Waals surface area contributed by atoms with Crippen molar-refractivity contribution >= 4 is 0 Å². The molecule has 84 valence electrons. The number of hydrogen-bond donors (Lipinski definition) is 1. The molecular formula is C10H10F2N4. The summed E-state index contributed by atoms with van der Waals surface area (Å²) in [6.45, 7) is 0.592. The van der Waals surface area contributed by atoms with Gasteiger partial charge in [-0.05, 0) is 17.7 Å². The molecule has 0 saturated carbocycles. The summed E-state index contributed by atoms with van der Waals surface area (Å²) in [5.41, 5.74) is 5.97. The highest BCUT2D eigenvalue weighted by Crippen LogP contribution is 2.09. The molecule has 0 aliphatic heterocycles. The Kier molecular flexibility index (Phi) is 2.91. The quantitative estimate of drug-likeness (QED) is 0.848. The molecule has 6 heteroatoms. The Morgan fingerprint density at radius 1 is 1.25 bits per heavy atom. The highest BCUT2D eigenvalue weighted by Gasteiger charge is 2.04. The van der Waals surface area contributed by atoms with E-state index >= 15 is 0 Å². The van der Waals surface area contributed by atoms with E-state index in [1.54, 1.807) is 0 Å². The maximum Gasteiger partial charge on any atom is 0.164 e. The van der Waals surface area contributed by atoms with Crippen LogP contribution in [-0.4, -0.2) is 14.8 Å². The van der Waals surface area contributed by atoms with Gasteiger partial charge in [0.25, 0.3) is 0 Å². The van der Waals surface area contributed by atoms with Crippen LogP contribution >= 0.6 is 0 Å². The molecule has 1 aromatic carbocycles. The Balaban J connectivity index is 2.17. The lowest BCUT2D eigenvalue weighted by atomic mass is 10.2. The highest BCUT2D eigenvalue weighted by atomic mass is 19.2. The lowest BCUT2D eigenvalue weighted by molar-refractivity contribution is 0.505. The van der Waals surface area contributed by atoms with Gasteiger partial charge < -0.3 is 5.73 Å². The molecular weight excluding hydrogens is 214 g/mol. The second kappa shape index (κ2) is 4.36. The van der Waals surface area contributed by atoms with Crippen molar-refractivity contribution in [2.24, 2.45) is 5.73 Å². The van der Waals surface area contributed by atoms with Crippen LogP contribution in [0.3, 0.4) is 0 Å². The first-order chi connectivity index (χ1) is 7.69. The monoisotopic (exact) mass is 224 g/mol. The molecule has 2 N–H and O–H groups in total. The van der Waals surface area contributed by atoms with Gasteiger partial charge in [0.2, 0.25) is 0 Å². The average Bonchev–Trinajstić information content (AvgIpc) is 2.71. The first-order valence-electron chi connectivity index (χ1n) is 4.71. The zero-order valence-electron chi connectivity index (χ0n) is 8.40. The van der Waals surface area contributed by atoms with Gasteiger partial charge in [-0.3, -0.25) is 0 Å². The van der Waals surface area contributed by atoms with Crippen molar-refractivity contribution in [2.45, 2.75) is 13.1 Å². The van der Waals surface area contributed by atoms with Gasteiger partial charge in [-0.15, -0.1) is 0 Å². The van der Waals surface area contributed by atoms with E-state index in [-0.39, 0.29) is 6.54 Å². The molecule has 0 radical (unpaired) electrons. The second-order valence-electron chi connectivity index (χ2n) is 3.31. The van der Waals surface area contributed by atoms with Crippen molar-refractivity contribution in [3.05, 3.63) is 47.5 Å². The summed E-state index contributed by atoms with van der Waals surface area (Å²) in [6.07, 6.45) is 1.50. The van der Waals surface area contributed by atoms with Gasteiger partial charge in [-0.2, -0.15) is 5.10 Å². The van der Waals surface area contributed by atoms with Crippen LogP contribution in [0.2, 0.25) is 0 Å². The molecule has 0 spiro atoms. The minimum Gasteiger partial charge on any atom is -0.324 e. The molecule has 1 heterocycles. The molecule has 0 aliphatic carbocycles. The minimum absolute atomic E-state index is 0.255. The van der Waals surface area contributed by atoms with Crippen molar-refractivity contribution < 1.29 is 8.78 Å². The van der Waals surface area contributed by atoms with E-state index in [4.69, 9.17) is 5.73 Å². The number of nitrogens with two attached hydrogens (primary N) is 1. The highest BCUT2D eigenvalue weighted by molar-refractivity contribution is 5.17. The predicted molar refractivity (Wildman–Crippen MR) is 53.4 cm³/mol. The largest absolute Gasteiger partial charge is 0.324 e. The number of nitrogens with zero attached hydrogens (tertiary/aromatic N) is 3. The summed E-state index contributed by atoms with van der Waals surface area (Å²) >= 11 is 0. The Bertz CT molecular complexity index is 495. The summed E-state index contributed by atoms with van der Waals surface area (Å²) in [4.78, 5) is 3.93. The summed E-state index contributed by atoms with van der Waals surface area (Å²) in [7, 11) is 0. The predicted octanol–water partition coefficient (Wildman–Crippen LogP) is 1.06. The first-order valence-corrected chi connectivity index (χ1v) is 4.71. The van der Waals surface area contributed by atoms with Gasteiger partial charge >= 0.3 is 0 Å². The fourth-order valence-electron chi connectivity index (χ4n) is 1.33. The van der Waals surface area contributed by atoms with Crippen molar-refractivity contribution in [3.63, 3.8) is 0 Å². The van der Waals surface area contributed by atoms with Gasteiger partial charge in [0.05, 0.1) is 13.1 Å². The van der Waals surface area contributed by atoms with Crippen molar-refractivity contribution in [1.82, 2.24) is 14.8 Å². The molecule has 0 atom stereocenters. The summed E-state index contributed by atoms with van der Waals surface area (Å²) in [5.74, 6) is -1.20.